The van der Waals surface area contributed by atoms with E-state index in [1.54, 1.807) is 10.9 Å². The molecule has 1 aliphatic rings. The molecule has 0 amide bonds. The molecule has 0 radical (unpaired) electrons. The lowest BCUT2D eigenvalue weighted by Crippen LogP contribution is -2.59. The molecule has 2 heterocycles. The minimum Gasteiger partial charge on any atom is -0.394 e. The standard InChI is InChI=1S/C17H31N3O6/c1-3-5-6-11(4-2)7-20-8-12(18-19-20)10-25-17-16(24)15(23)14(22)13(9-21)26-17/h8,11,13-17,21-24H,3-7,9-10H2,1-2H3/t11?,13-,14-,15+,16-,17-/m1/s1. The van der Waals surface area contributed by atoms with Crippen LogP contribution in [0, 0.1) is 5.92 Å². The van der Waals surface area contributed by atoms with Crippen molar-refractivity contribution in [2.24, 2.45) is 5.92 Å². The molecular formula is C17H31N3O6. The number of aliphatic hydroxyl groups excluding tert-OH is 4. The predicted octanol–water partition coefficient (Wildman–Crippen LogP) is -0.189. The highest BCUT2D eigenvalue weighted by atomic mass is 16.7. The molecule has 150 valence electrons. The normalized spacial score (nSPS) is 30.5. The fourth-order valence-electron chi connectivity index (χ4n) is 3.05. The van der Waals surface area contributed by atoms with Gasteiger partial charge >= 0.3 is 0 Å². The van der Waals surface area contributed by atoms with E-state index in [0.29, 0.717) is 11.6 Å². The van der Waals surface area contributed by atoms with Crippen molar-refractivity contribution in [1.29, 1.82) is 0 Å². The maximum atomic E-state index is 9.95. The Morgan fingerprint density at radius 1 is 1.23 bits per heavy atom. The maximum Gasteiger partial charge on any atom is 0.187 e. The van der Waals surface area contributed by atoms with Crippen LogP contribution in [-0.2, 0) is 22.6 Å². The first-order chi connectivity index (χ1) is 12.5. The number of aromatic nitrogens is 3. The molecule has 9 nitrogen and oxygen atoms in total. The summed E-state index contributed by atoms with van der Waals surface area (Å²) in [6.07, 6.45) is -0.0244. The van der Waals surface area contributed by atoms with Gasteiger partial charge in [-0.25, -0.2) is 0 Å². The molecular weight excluding hydrogens is 342 g/mol. The van der Waals surface area contributed by atoms with Crippen LogP contribution in [0.5, 0.6) is 0 Å². The Balaban J connectivity index is 1.87. The largest absolute Gasteiger partial charge is 0.394 e. The van der Waals surface area contributed by atoms with Crippen LogP contribution in [0.2, 0.25) is 0 Å². The zero-order valence-corrected chi connectivity index (χ0v) is 15.4. The zero-order chi connectivity index (χ0) is 19.1. The van der Waals surface area contributed by atoms with Crippen molar-refractivity contribution < 1.29 is 29.9 Å². The summed E-state index contributed by atoms with van der Waals surface area (Å²) in [6, 6.07) is 0. The van der Waals surface area contributed by atoms with Crippen molar-refractivity contribution >= 4 is 0 Å². The summed E-state index contributed by atoms with van der Waals surface area (Å²) in [7, 11) is 0. The van der Waals surface area contributed by atoms with Crippen LogP contribution in [0.25, 0.3) is 0 Å². The third kappa shape index (κ3) is 5.45. The van der Waals surface area contributed by atoms with Crippen LogP contribution < -0.4 is 0 Å². The highest BCUT2D eigenvalue weighted by molar-refractivity contribution is 4.92. The lowest BCUT2D eigenvalue weighted by molar-refractivity contribution is -0.304. The molecule has 1 saturated heterocycles. The van der Waals surface area contributed by atoms with Gasteiger partial charge in [-0.15, -0.1) is 5.10 Å². The second-order valence-corrected chi connectivity index (χ2v) is 6.86. The van der Waals surface area contributed by atoms with E-state index in [0.717, 1.165) is 19.4 Å². The Morgan fingerprint density at radius 3 is 2.65 bits per heavy atom. The average Bonchev–Trinajstić information content (AvgIpc) is 3.10. The average molecular weight is 373 g/mol. The van der Waals surface area contributed by atoms with E-state index >= 15 is 0 Å². The van der Waals surface area contributed by atoms with E-state index in [4.69, 9.17) is 9.47 Å². The second kappa shape index (κ2) is 10.3. The number of aliphatic hydroxyl groups is 4. The molecule has 26 heavy (non-hydrogen) atoms. The molecule has 1 aromatic rings. The predicted molar refractivity (Wildman–Crippen MR) is 91.9 cm³/mol. The van der Waals surface area contributed by atoms with Gasteiger partial charge < -0.3 is 29.9 Å². The molecule has 0 bridgehead atoms. The third-order valence-electron chi connectivity index (χ3n) is 4.82. The van der Waals surface area contributed by atoms with Gasteiger partial charge in [0.1, 0.15) is 30.1 Å². The minimum absolute atomic E-state index is 0.0362. The second-order valence-electron chi connectivity index (χ2n) is 6.86. The number of hydrogen-bond donors (Lipinski definition) is 4. The Kier molecular flexibility index (Phi) is 8.39. The van der Waals surface area contributed by atoms with Crippen LogP contribution >= 0.6 is 0 Å². The lowest BCUT2D eigenvalue weighted by Gasteiger charge is -2.39. The first-order valence-electron chi connectivity index (χ1n) is 9.31. The Labute approximate surface area is 153 Å². The van der Waals surface area contributed by atoms with Crippen molar-refractivity contribution in [3.63, 3.8) is 0 Å². The van der Waals surface area contributed by atoms with E-state index in [1.165, 1.54) is 12.8 Å². The number of rotatable bonds is 10. The number of unbranched alkanes of at least 4 members (excludes halogenated alkanes) is 1. The molecule has 0 aliphatic carbocycles. The maximum absolute atomic E-state index is 9.95. The molecule has 1 fully saturated rings. The van der Waals surface area contributed by atoms with Gasteiger partial charge in [0.05, 0.1) is 19.4 Å². The van der Waals surface area contributed by atoms with Crippen LogP contribution in [0.15, 0.2) is 6.20 Å². The van der Waals surface area contributed by atoms with E-state index in [2.05, 4.69) is 24.2 Å². The van der Waals surface area contributed by atoms with Gasteiger partial charge in [-0.1, -0.05) is 38.3 Å². The summed E-state index contributed by atoms with van der Waals surface area (Å²) < 4.78 is 12.6. The van der Waals surface area contributed by atoms with Crippen molar-refractivity contribution in [3.05, 3.63) is 11.9 Å². The molecule has 6 atom stereocenters. The molecule has 9 heteroatoms. The Morgan fingerprint density at radius 2 is 2.00 bits per heavy atom. The number of hydrogen-bond acceptors (Lipinski definition) is 8. The molecule has 2 rings (SSSR count). The van der Waals surface area contributed by atoms with Crippen molar-refractivity contribution in [2.45, 2.75) is 83.4 Å². The summed E-state index contributed by atoms with van der Waals surface area (Å²) in [5.41, 5.74) is 0.576. The molecule has 0 aromatic carbocycles. The third-order valence-corrected chi connectivity index (χ3v) is 4.82. The van der Waals surface area contributed by atoms with Crippen LogP contribution in [-0.4, -0.2) is 72.7 Å². The SMILES string of the molecule is CCCCC(CC)Cn1cc(CO[C@@H]2O[C@H](CO)[C@@H](O)[C@H](O)[C@H]2O)nn1. The highest BCUT2D eigenvalue weighted by Crippen LogP contribution is 2.22. The van der Waals surface area contributed by atoms with Gasteiger partial charge in [0.25, 0.3) is 0 Å². The highest BCUT2D eigenvalue weighted by Gasteiger charge is 2.44. The topological polar surface area (TPSA) is 130 Å². The summed E-state index contributed by atoms with van der Waals surface area (Å²) in [5.74, 6) is 0.552. The fourth-order valence-corrected chi connectivity index (χ4v) is 3.05. The Hall–Kier alpha value is -1.10. The van der Waals surface area contributed by atoms with E-state index in [9.17, 15) is 20.4 Å². The van der Waals surface area contributed by atoms with E-state index in [-0.39, 0.29) is 6.61 Å². The van der Waals surface area contributed by atoms with E-state index in [1.807, 2.05) is 0 Å². The van der Waals surface area contributed by atoms with Crippen molar-refractivity contribution in [1.82, 2.24) is 15.0 Å². The van der Waals surface area contributed by atoms with Gasteiger partial charge in [0.15, 0.2) is 6.29 Å². The van der Waals surface area contributed by atoms with Gasteiger partial charge in [0.2, 0.25) is 0 Å². The number of nitrogens with zero attached hydrogens (tertiary/aromatic N) is 3. The summed E-state index contributed by atoms with van der Waals surface area (Å²) in [5, 5.41) is 46.8. The molecule has 1 aromatic heterocycles. The molecule has 0 spiro atoms. The monoisotopic (exact) mass is 373 g/mol. The van der Waals surface area contributed by atoms with Gasteiger partial charge in [0, 0.05) is 6.54 Å². The minimum atomic E-state index is -1.45. The van der Waals surface area contributed by atoms with Gasteiger partial charge in [-0.3, -0.25) is 4.68 Å². The van der Waals surface area contributed by atoms with Crippen molar-refractivity contribution in [2.75, 3.05) is 6.61 Å². The first-order valence-corrected chi connectivity index (χ1v) is 9.31. The first kappa shape index (κ1) is 21.2. The van der Waals surface area contributed by atoms with E-state index < -0.39 is 37.3 Å². The van der Waals surface area contributed by atoms with Crippen LogP contribution in [0.1, 0.15) is 45.2 Å². The molecule has 4 N–H and O–H groups in total. The summed E-state index contributed by atoms with van der Waals surface area (Å²) >= 11 is 0. The van der Waals surface area contributed by atoms with Gasteiger partial charge in [-0.05, 0) is 12.3 Å². The summed E-state index contributed by atoms with van der Waals surface area (Å²) in [4.78, 5) is 0. The van der Waals surface area contributed by atoms with Crippen LogP contribution in [0.3, 0.4) is 0 Å². The zero-order valence-electron chi connectivity index (χ0n) is 15.4. The molecule has 0 saturated carbocycles. The van der Waals surface area contributed by atoms with Gasteiger partial charge in [-0.2, -0.15) is 0 Å². The lowest BCUT2D eigenvalue weighted by atomic mass is 9.99. The Bertz CT molecular complexity index is 526. The molecule has 1 aliphatic heterocycles. The quantitative estimate of drug-likeness (QED) is 0.444. The molecule has 1 unspecified atom stereocenters. The number of ether oxygens (including phenoxy) is 2. The van der Waals surface area contributed by atoms with Crippen molar-refractivity contribution in [3.8, 4) is 0 Å². The fraction of sp³-hybridized carbons (Fsp3) is 0.882. The smallest absolute Gasteiger partial charge is 0.187 e. The summed E-state index contributed by atoms with van der Waals surface area (Å²) in [6.45, 7) is 4.69. The van der Waals surface area contributed by atoms with Crippen LogP contribution in [0.4, 0.5) is 0 Å².